The Labute approximate surface area is 206 Å². The fourth-order valence-corrected chi connectivity index (χ4v) is 4.34. The Bertz CT molecular complexity index is 1300. The minimum atomic E-state index is 0.461. The Hall–Kier alpha value is -3.65. The van der Waals surface area contributed by atoms with E-state index in [0.717, 1.165) is 46.4 Å². The Morgan fingerprint density at radius 2 is 1.63 bits per heavy atom. The summed E-state index contributed by atoms with van der Waals surface area (Å²) in [5.74, 6) is 2.51. The first-order valence-corrected chi connectivity index (χ1v) is 11.9. The van der Waals surface area contributed by atoms with Crippen LogP contribution >= 0.6 is 0 Å². The highest BCUT2D eigenvalue weighted by molar-refractivity contribution is 5.93. The SMILES string of the molecule is COc1cc2nc(Nc3ccc4ncccc4c3)nc(NCCN(C(C)C)C(C)C)c2cc1OC. The molecular formula is C27H34N6O2. The molecule has 35 heavy (non-hydrogen) atoms. The van der Waals surface area contributed by atoms with Gasteiger partial charge in [0.2, 0.25) is 5.95 Å². The predicted molar refractivity (Wildman–Crippen MR) is 143 cm³/mol. The summed E-state index contributed by atoms with van der Waals surface area (Å²) in [6.07, 6.45) is 1.79. The molecule has 0 aliphatic rings. The topological polar surface area (TPSA) is 84.4 Å². The number of methoxy groups -OCH3 is 2. The fourth-order valence-electron chi connectivity index (χ4n) is 4.34. The second-order valence-corrected chi connectivity index (χ2v) is 9.01. The second-order valence-electron chi connectivity index (χ2n) is 9.01. The normalized spacial score (nSPS) is 11.6. The summed E-state index contributed by atoms with van der Waals surface area (Å²) in [5.41, 5.74) is 2.59. The van der Waals surface area contributed by atoms with Crippen molar-refractivity contribution in [3.05, 3.63) is 48.7 Å². The van der Waals surface area contributed by atoms with Crippen LogP contribution in [0.3, 0.4) is 0 Å². The van der Waals surface area contributed by atoms with Crippen molar-refractivity contribution < 1.29 is 9.47 Å². The first kappa shape index (κ1) is 24.5. The summed E-state index contributed by atoms with van der Waals surface area (Å²) >= 11 is 0. The van der Waals surface area contributed by atoms with Crippen molar-refractivity contribution in [1.82, 2.24) is 19.9 Å². The molecule has 0 atom stereocenters. The zero-order chi connectivity index (χ0) is 24.9. The molecule has 0 spiro atoms. The van der Waals surface area contributed by atoms with E-state index in [1.54, 1.807) is 20.4 Å². The average Bonchev–Trinajstić information content (AvgIpc) is 2.85. The van der Waals surface area contributed by atoms with Crippen LogP contribution in [0.5, 0.6) is 11.5 Å². The van der Waals surface area contributed by atoms with Crippen LogP contribution in [0.1, 0.15) is 27.7 Å². The number of nitrogens with one attached hydrogen (secondary N) is 2. The Kier molecular flexibility index (Phi) is 7.51. The maximum Gasteiger partial charge on any atom is 0.229 e. The van der Waals surface area contributed by atoms with Crippen molar-refractivity contribution in [2.75, 3.05) is 37.9 Å². The van der Waals surface area contributed by atoms with Crippen molar-refractivity contribution in [2.45, 2.75) is 39.8 Å². The molecule has 0 unspecified atom stereocenters. The number of ether oxygens (including phenoxy) is 2. The van der Waals surface area contributed by atoms with Crippen molar-refractivity contribution in [1.29, 1.82) is 0 Å². The first-order valence-electron chi connectivity index (χ1n) is 11.9. The lowest BCUT2D eigenvalue weighted by Crippen LogP contribution is -2.40. The van der Waals surface area contributed by atoms with E-state index in [4.69, 9.17) is 19.4 Å². The molecule has 0 fully saturated rings. The van der Waals surface area contributed by atoms with E-state index in [9.17, 15) is 0 Å². The number of anilines is 3. The van der Waals surface area contributed by atoms with Crippen molar-refractivity contribution >= 4 is 39.3 Å². The number of hydrogen-bond acceptors (Lipinski definition) is 8. The average molecular weight is 475 g/mol. The third-order valence-corrected chi connectivity index (χ3v) is 6.05. The lowest BCUT2D eigenvalue weighted by atomic mass is 10.2. The zero-order valence-corrected chi connectivity index (χ0v) is 21.3. The molecule has 2 aromatic heterocycles. The number of fused-ring (bicyclic) bond motifs is 2. The lowest BCUT2D eigenvalue weighted by molar-refractivity contribution is 0.182. The summed E-state index contributed by atoms with van der Waals surface area (Å²) in [5, 5.41) is 8.81. The molecule has 4 aromatic rings. The molecule has 0 bridgehead atoms. The number of hydrogen-bond donors (Lipinski definition) is 2. The molecule has 0 saturated heterocycles. The van der Waals surface area contributed by atoms with Crippen LogP contribution in [0, 0.1) is 0 Å². The van der Waals surface area contributed by atoms with Gasteiger partial charge in [-0.1, -0.05) is 6.07 Å². The summed E-state index contributed by atoms with van der Waals surface area (Å²) < 4.78 is 11.0. The van der Waals surface area contributed by atoms with Crippen LogP contribution in [0.15, 0.2) is 48.7 Å². The summed E-state index contributed by atoms with van der Waals surface area (Å²) in [6.45, 7) is 10.5. The Balaban J connectivity index is 1.69. The van der Waals surface area contributed by atoms with E-state index in [2.05, 4.69) is 48.2 Å². The zero-order valence-electron chi connectivity index (χ0n) is 21.3. The maximum atomic E-state index is 5.53. The maximum absolute atomic E-state index is 5.53. The van der Waals surface area contributed by atoms with E-state index in [1.807, 2.05) is 42.5 Å². The monoisotopic (exact) mass is 474 g/mol. The van der Waals surface area contributed by atoms with E-state index >= 15 is 0 Å². The van der Waals surface area contributed by atoms with E-state index in [1.165, 1.54) is 0 Å². The largest absolute Gasteiger partial charge is 0.493 e. The lowest BCUT2D eigenvalue weighted by Gasteiger charge is -2.30. The molecule has 4 rings (SSSR count). The molecule has 0 aliphatic heterocycles. The Morgan fingerprint density at radius 3 is 2.34 bits per heavy atom. The minimum Gasteiger partial charge on any atom is -0.493 e. The van der Waals surface area contributed by atoms with Gasteiger partial charge in [0.15, 0.2) is 11.5 Å². The van der Waals surface area contributed by atoms with Crippen LogP contribution in [0.4, 0.5) is 17.5 Å². The van der Waals surface area contributed by atoms with E-state index in [-0.39, 0.29) is 0 Å². The fraction of sp³-hybridized carbons (Fsp3) is 0.370. The molecule has 2 N–H and O–H groups in total. The van der Waals surface area contributed by atoms with Crippen LogP contribution in [-0.4, -0.2) is 59.2 Å². The highest BCUT2D eigenvalue weighted by atomic mass is 16.5. The summed E-state index contributed by atoms with van der Waals surface area (Å²) in [6, 6.07) is 14.7. The smallest absolute Gasteiger partial charge is 0.229 e. The third kappa shape index (κ3) is 5.54. The minimum absolute atomic E-state index is 0.461. The van der Waals surface area contributed by atoms with Gasteiger partial charge in [0.05, 0.1) is 25.3 Å². The van der Waals surface area contributed by atoms with Gasteiger partial charge in [-0.2, -0.15) is 4.98 Å². The van der Waals surface area contributed by atoms with Crippen LogP contribution in [0.2, 0.25) is 0 Å². The summed E-state index contributed by atoms with van der Waals surface area (Å²) in [7, 11) is 3.25. The highest BCUT2D eigenvalue weighted by Gasteiger charge is 2.16. The van der Waals surface area contributed by atoms with E-state index in [0.29, 0.717) is 29.5 Å². The quantitative estimate of drug-likeness (QED) is 0.313. The van der Waals surface area contributed by atoms with E-state index < -0.39 is 0 Å². The molecule has 0 aliphatic carbocycles. The highest BCUT2D eigenvalue weighted by Crippen LogP contribution is 2.35. The molecule has 2 heterocycles. The molecule has 2 aromatic carbocycles. The molecule has 0 amide bonds. The Morgan fingerprint density at radius 1 is 0.886 bits per heavy atom. The molecule has 184 valence electrons. The van der Waals surface area contributed by atoms with Crippen LogP contribution in [-0.2, 0) is 0 Å². The van der Waals surface area contributed by atoms with Gasteiger partial charge in [0, 0.05) is 53.9 Å². The van der Waals surface area contributed by atoms with Crippen LogP contribution in [0.25, 0.3) is 21.8 Å². The van der Waals surface area contributed by atoms with Gasteiger partial charge < -0.3 is 20.1 Å². The number of nitrogens with zero attached hydrogens (tertiary/aromatic N) is 4. The van der Waals surface area contributed by atoms with Gasteiger partial charge in [-0.15, -0.1) is 0 Å². The van der Waals surface area contributed by atoms with Gasteiger partial charge in [-0.3, -0.25) is 9.88 Å². The summed E-state index contributed by atoms with van der Waals surface area (Å²) in [4.78, 5) is 16.4. The number of rotatable bonds is 10. The molecule has 8 heteroatoms. The van der Waals surface area contributed by atoms with Gasteiger partial charge in [0.25, 0.3) is 0 Å². The molecule has 0 saturated carbocycles. The van der Waals surface area contributed by atoms with Crippen molar-refractivity contribution in [3.63, 3.8) is 0 Å². The van der Waals surface area contributed by atoms with Gasteiger partial charge in [-0.05, 0) is 58.0 Å². The predicted octanol–water partition coefficient (Wildman–Crippen LogP) is 5.47. The number of aromatic nitrogens is 3. The van der Waals surface area contributed by atoms with Gasteiger partial charge >= 0.3 is 0 Å². The number of benzene rings is 2. The van der Waals surface area contributed by atoms with Crippen molar-refractivity contribution in [2.24, 2.45) is 0 Å². The molecule has 0 radical (unpaired) electrons. The van der Waals surface area contributed by atoms with Crippen LogP contribution < -0.4 is 20.1 Å². The first-order chi connectivity index (χ1) is 16.9. The van der Waals surface area contributed by atoms with Gasteiger partial charge in [0.1, 0.15) is 5.82 Å². The third-order valence-electron chi connectivity index (χ3n) is 6.05. The van der Waals surface area contributed by atoms with Gasteiger partial charge in [-0.25, -0.2) is 4.98 Å². The second kappa shape index (κ2) is 10.7. The molecular weight excluding hydrogens is 440 g/mol. The van der Waals surface area contributed by atoms with Crippen molar-refractivity contribution in [3.8, 4) is 11.5 Å². The number of pyridine rings is 1. The molecule has 8 nitrogen and oxygen atoms in total. The standard InChI is InChI=1S/C27H34N6O2/c1-17(2)33(18(3)4)13-12-29-26-21-15-24(34-5)25(35-6)16-23(21)31-27(32-26)30-20-9-10-22-19(14-20)8-7-11-28-22/h7-11,14-18H,12-13H2,1-6H3,(H2,29,30,31,32).